The van der Waals surface area contributed by atoms with Gasteiger partial charge in [-0.15, -0.1) is 0 Å². The first-order valence-electron chi connectivity index (χ1n) is 2.79. The van der Waals surface area contributed by atoms with E-state index >= 15 is 0 Å². The minimum absolute atomic E-state index is 0.176. The molecule has 0 radical (unpaired) electrons. The van der Waals surface area contributed by atoms with E-state index in [2.05, 4.69) is 9.68 Å². The number of nitrogens with zero attached hydrogens (tertiary/aromatic N) is 3. The summed E-state index contributed by atoms with van der Waals surface area (Å²) in [5.74, 6) is -1.32. The predicted molar refractivity (Wildman–Crippen MR) is 34.5 cm³/mol. The van der Waals surface area contributed by atoms with Crippen molar-refractivity contribution in [3.63, 3.8) is 0 Å². The van der Waals surface area contributed by atoms with E-state index < -0.39 is 21.5 Å². The number of aromatic nitrogens is 1. The van der Waals surface area contributed by atoms with Crippen LogP contribution in [0.25, 0.3) is 0 Å². The molecule has 12 heavy (non-hydrogen) atoms. The van der Waals surface area contributed by atoms with Crippen molar-refractivity contribution in [2.75, 3.05) is 0 Å². The van der Waals surface area contributed by atoms with Crippen LogP contribution in [0.5, 0.6) is 0 Å². The Kier molecular flexibility index (Phi) is 1.73. The molecule has 1 rings (SSSR count). The molecule has 0 saturated carbocycles. The average Bonchev–Trinajstić information content (AvgIpc) is 2.30. The smallest absolute Gasteiger partial charge is 0.358 e. The molecule has 0 atom stereocenters. The summed E-state index contributed by atoms with van der Waals surface area (Å²) in [5.41, 5.74) is -0.176. The zero-order chi connectivity index (χ0) is 9.30. The largest absolute Gasteiger partial charge is 0.487 e. The molecule has 0 N–H and O–H groups in total. The van der Waals surface area contributed by atoms with E-state index in [1.807, 2.05) is 0 Å². The molecule has 0 aliphatic rings. The fourth-order valence-corrected chi connectivity index (χ4v) is 0.660. The Morgan fingerprint density at radius 2 is 1.92 bits per heavy atom. The molecule has 1 aromatic rings. The quantitative estimate of drug-likeness (QED) is 0.482. The van der Waals surface area contributed by atoms with E-state index in [-0.39, 0.29) is 5.56 Å². The van der Waals surface area contributed by atoms with Crippen LogP contribution in [0.4, 0.5) is 11.7 Å². The number of rotatable bonds is 2. The van der Waals surface area contributed by atoms with Gasteiger partial charge in [0.2, 0.25) is 0 Å². The maximum Gasteiger partial charge on any atom is 0.487 e. The molecule has 1 heterocycles. The van der Waals surface area contributed by atoms with E-state index in [1.165, 1.54) is 6.92 Å². The summed E-state index contributed by atoms with van der Waals surface area (Å²) >= 11 is 0. The van der Waals surface area contributed by atoms with E-state index in [0.29, 0.717) is 0 Å². The molecular formula is C4H3N3O5. The summed E-state index contributed by atoms with van der Waals surface area (Å²) in [6, 6.07) is 0. The maximum absolute atomic E-state index is 10.1. The zero-order valence-corrected chi connectivity index (χ0v) is 5.88. The molecule has 0 fully saturated rings. The Bertz CT molecular complexity index is 311. The third-order valence-corrected chi connectivity index (χ3v) is 1.21. The summed E-state index contributed by atoms with van der Waals surface area (Å²) in [6.07, 6.45) is 0. The van der Waals surface area contributed by atoms with Crippen molar-refractivity contribution in [3.05, 3.63) is 25.8 Å². The van der Waals surface area contributed by atoms with Gasteiger partial charge in [0, 0.05) is 0 Å². The molecule has 0 unspecified atom stereocenters. The second kappa shape index (κ2) is 2.57. The number of hydrogen-bond donors (Lipinski definition) is 0. The standard InChI is InChI=1S/C4H3N3O5/c1-2-3(6(8)9)5-12-4(2)7(10)11/h1H3. The molecule has 64 valence electrons. The van der Waals surface area contributed by atoms with Crippen molar-refractivity contribution < 1.29 is 14.4 Å². The molecule has 1 aromatic heterocycles. The molecule has 0 spiro atoms. The first-order chi connectivity index (χ1) is 5.54. The van der Waals surface area contributed by atoms with Crippen LogP contribution in [0.1, 0.15) is 5.56 Å². The van der Waals surface area contributed by atoms with E-state index in [1.54, 1.807) is 0 Å². The van der Waals surface area contributed by atoms with Gasteiger partial charge in [0.15, 0.2) is 10.7 Å². The second-order valence-electron chi connectivity index (χ2n) is 1.95. The highest BCUT2D eigenvalue weighted by Gasteiger charge is 2.30. The lowest BCUT2D eigenvalue weighted by Gasteiger charge is -1.84. The third-order valence-electron chi connectivity index (χ3n) is 1.21. The molecule has 0 aromatic carbocycles. The molecule has 8 nitrogen and oxygen atoms in total. The molecule has 0 amide bonds. The van der Waals surface area contributed by atoms with Gasteiger partial charge < -0.3 is 10.1 Å². The molecule has 0 aliphatic carbocycles. The Labute approximate surface area is 65.1 Å². The van der Waals surface area contributed by atoms with Crippen LogP contribution in [0.3, 0.4) is 0 Å². The lowest BCUT2D eigenvalue weighted by molar-refractivity contribution is -0.404. The van der Waals surface area contributed by atoms with Gasteiger partial charge in [0.25, 0.3) is 0 Å². The topological polar surface area (TPSA) is 112 Å². The minimum atomic E-state index is -0.866. The highest BCUT2D eigenvalue weighted by Crippen LogP contribution is 2.25. The summed E-state index contributed by atoms with van der Waals surface area (Å²) in [6.45, 7) is 1.20. The average molecular weight is 173 g/mol. The fourth-order valence-electron chi connectivity index (χ4n) is 0.660. The van der Waals surface area contributed by atoms with Crippen LogP contribution in [0.15, 0.2) is 4.52 Å². The zero-order valence-electron chi connectivity index (χ0n) is 5.88. The Balaban J connectivity index is 3.22. The van der Waals surface area contributed by atoms with Gasteiger partial charge in [-0.1, -0.05) is 0 Å². The van der Waals surface area contributed by atoms with Crippen LogP contribution in [-0.4, -0.2) is 15.0 Å². The van der Waals surface area contributed by atoms with Crippen LogP contribution < -0.4 is 0 Å². The summed E-state index contributed by atoms with van der Waals surface area (Å²) in [4.78, 5) is 18.5. The summed E-state index contributed by atoms with van der Waals surface area (Å²) in [5, 5.41) is 23.1. The Morgan fingerprint density at radius 1 is 1.33 bits per heavy atom. The van der Waals surface area contributed by atoms with Gasteiger partial charge in [-0.05, 0) is 11.8 Å². The normalized spacial score (nSPS) is 9.75. The van der Waals surface area contributed by atoms with Gasteiger partial charge >= 0.3 is 11.7 Å². The predicted octanol–water partition coefficient (Wildman–Crippen LogP) is 0.799. The minimum Gasteiger partial charge on any atom is -0.358 e. The van der Waals surface area contributed by atoms with E-state index in [9.17, 15) is 20.2 Å². The first-order valence-corrected chi connectivity index (χ1v) is 2.79. The van der Waals surface area contributed by atoms with E-state index in [4.69, 9.17) is 0 Å². The Morgan fingerprint density at radius 3 is 2.17 bits per heavy atom. The highest BCUT2D eigenvalue weighted by molar-refractivity contribution is 5.40. The van der Waals surface area contributed by atoms with Crippen molar-refractivity contribution in [1.82, 2.24) is 5.16 Å². The number of nitro groups is 2. The molecule has 0 bridgehead atoms. The summed E-state index contributed by atoms with van der Waals surface area (Å²) in [7, 11) is 0. The van der Waals surface area contributed by atoms with Gasteiger partial charge in [0.05, 0.1) is 0 Å². The van der Waals surface area contributed by atoms with Crippen molar-refractivity contribution in [2.45, 2.75) is 6.92 Å². The molecule has 0 aliphatic heterocycles. The Hall–Kier alpha value is -1.99. The van der Waals surface area contributed by atoms with Gasteiger partial charge in [-0.25, -0.2) is 0 Å². The summed E-state index contributed by atoms with van der Waals surface area (Å²) < 4.78 is 4.13. The molecule has 0 saturated heterocycles. The van der Waals surface area contributed by atoms with Crippen LogP contribution >= 0.6 is 0 Å². The maximum atomic E-state index is 10.1. The van der Waals surface area contributed by atoms with Crippen molar-refractivity contribution in [3.8, 4) is 0 Å². The van der Waals surface area contributed by atoms with Crippen LogP contribution in [-0.2, 0) is 0 Å². The van der Waals surface area contributed by atoms with Gasteiger partial charge in [0.1, 0.15) is 4.92 Å². The monoisotopic (exact) mass is 173 g/mol. The van der Waals surface area contributed by atoms with Crippen LogP contribution in [0.2, 0.25) is 0 Å². The van der Waals surface area contributed by atoms with Crippen LogP contribution in [0, 0.1) is 27.2 Å². The van der Waals surface area contributed by atoms with Gasteiger partial charge in [-0.2, -0.15) is 4.52 Å². The van der Waals surface area contributed by atoms with Crippen molar-refractivity contribution >= 4 is 11.7 Å². The highest BCUT2D eigenvalue weighted by atomic mass is 16.7. The second-order valence-corrected chi connectivity index (χ2v) is 1.95. The third kappa shape index (κ3) is 1.09. The molecular weight excluding hydrogens is 170 g/mol. The fraction of sp³-hybridized carbons (Fsp3) is 0.250. The number of hydrogen-bond acceptors (Lipinski definition) is 6. The van der Waals surface area contributed by atoms with E-state index in [0.717, 1.165) is 0 Å². The van der Waals surface area contributed by atoms with Crippen molar-refractivity contribution in [1.29, 1.82) is 0 Å². The lowest BCUT2D eigenvalue weighted by Crippen LogP contribution is -1.91. The lowest BCUT2D eigenvalue weighted by atomic mass is 10.3. The SMILES string of the molecule is Cc1c([N+](=O)[O-])noc1[N+](=O)[O-]. The molecule has 8 heteroatoms. The van der Waals surface area contributed by atoms with Crippen molar-refractivity contribution in [2.24, 2.45) is 0 Å². The van der Waals surface area contributed by atoms with Gasteiger partial charge in [-0.3, -0.25) is 10.1 Å². The first kappa shape index (κ1) is 8.11.